The molecule has 1 heterocycles. The number of hydrogen-bond acceptors (Lipinski definition) is 5. The van der Waals surface area contributed by atoms with Gasteiger partial charge in [-0.15, -0.1) is 17.9 Å². The van der Waals surface area contributed by atoms with Crippen LogP contribution in [0.2, 0.25) is 0 Å². The minimum Gasteiger partial charge on any atom is -0.481 e. The molecule has 0 amide bonds. The van der Waals surface area contributed by atoms with Crippen molar-refractivity contribution in [1.82, 2.24) is 4.98 Å². The van der Waals surface area contributed by atoms with Crippen LogP contribution in [0.5, 0.6) is 0 Å². The summed E-state index contributed by atoms with van der Waals surface area (Å²) in [6.07, 6.45) is 4.85. The molecule has 1 atom stereocenters. The van der Waals surface area contributed by atoms with Gasteiger partial charge >= 0.3 is 5.97 Å². The number of hydrogen-bond donors (Lipinski definition) is 2. The highest BCUT2D eigenvalue weighted by molar-refractivity contribution is 7.13. The van der Waals surface area contributed by atoms with Gasteiger partial charge in [-0.3, -0.25) is 9.59 Å². The van der Waals surface area contributed by atoms with Gasteiger partial charge in [-0.2, -0.15) is 0 Å². The van der Waals surface area contributed by atoms with E-state index in [0.29, 0.717) is 5.56 Å². The van der Waals surface area contributed by atoms with E-state index >= 15 is 0 Å². The van der Waals surface area contributed by atoms with Crippen molar-refractivity contribution in [3.63, 3.8) is 0 Å². The van der Waals surface area contributed by atoms with Crippen molar-refractivity contribution < 1.29 is 14.7 Å². The molecule has 0 bridgehead atoms. The molecule has 3 rings (SSSR count). The number of halogens is 1. The largest absolute Gasteiger partial charge is 0.481 e. The highest BCUT2D eigenvalue weighted by Crippen LogP contribution is 2.28. The molecule has 0 aliphatic carbocycles. The Morgan fingerprint density at radius 1 is 1.14 bits per heavy atom. The molecule has 7 heteroatoms. The fourth-order valence-corrected chi connectivity index (χ4v) is 4.24. The topological polar surface area (TPSA) is 79.3 Å². The molecule has 196 valence electrons. The van der Waals surface area contributed by atoms with Gasteiger partial charge in [0.15, 0.2) is 10.9 Å². The predicted molar refractivity (Wildman–Crippen MR) is 156 cm³/mol. The summed E-state index contributed by atoms with van der Waals surface area (Å²) in [6.45, 7) is 12.9. The first-order valence-corrected chi connectivity index (χ1v) is 13.4. The molecule has 0 fully saturated rings. The van der Waals surface area contributed by atoms with Gasteiger partial charge in [0, 0.05) is 34.0 Å². The first kappa shape index (κ1) is 30.0. The Kier molecular flexibility index (Phi) is 11.3. The van der Waals surface area contributed by atoms with E-state index in [4.69, 9.17) is 11.6 Å². The molecule has 0 aliphatic rings. The zero-order valence-electron chi connectivity index (χ0n) is 22.0. The second-order valence-electron chi connectivity index (χ2n) is 9.37. The molecule has 2 aromatic carbocycles. The Hall–Kier alpha value is -3.22. The number of Topliss-reactive ketones (excluding diaryl/α,β-unsaturated/α-hetero) is 1. The van der Waals surface area contributed by atoms with E-state index in [1.807, 2.05) is 60.9 Å². The molecule has 0 saturated carbocycles. The van der Waals surface area contributed by atoms with Crippen LogP contribution in [0.15, 0.2) is 77.7 Å². The first-order valence-electron chi connectivity index (χ1n) is 12.1. The third-order valence-electron chi connectivity index (χ3n) is 5.69. The van der Waals surface area contributed by atoms with Crippen LogP contribution in [0.1, 0.15) is 69.4 Å². The molecule has 0 saturated heterocycles. The lowest BCUT2D eigenvalue weighted by molar-refractivity contribution is -0.146. The number of carboxylic acids is 1. The molecule has 1 aromatic heterocycles. The lowest BCUT2D eigenvalue weighted by atomic mass is 9.85. The monoisotopic (exact) mass is 538 g/mol. The number of rotatable bonds is 10. The minimum absolute atomic E-state index is 0.0356. The number of carboxylic acid groups (broad SMARTS) is 1. The van der Waals surface area contributed by atoms with Gasteiger partial charge in [0.05, 0.1) is 11.1 Å². The summed E-state index contributed by atoms with van der Waals surface area (Å²) in [5, 5.41) is 16.3. The Morgan fingerprint density at radius 2 is 1.70 bits per heavy atom. The normalized spacial score (nSPS) is 12.2. The number of nitrogens with zero attached hydrogens (tertiary/aromatic N) is 1. The number of aromatic nitrogens is 1. The second kappa shape index (κ2) is 13.9. The number of carbonyl (C=O) groups is 2. The SMILES string of the molecule is C=CC(C)c1csc(Nc2ccc(-c3ccc(C(=O)CC(C)(C)C(=O)O)cc3)cc2)n1.CC/C=C(\C)Cl. The van der Waals surface area contributed by atoms with Gasteiger partial charge in [-0.1, -0.05) is 74.0 Å². The molecule has 3 aromatic rings. The summed E-state index contributed by atoms with van der Waals surface area (Å²) < 4.78 is 0. The van der Waals surface area contributed by atoms with E-state index in [-0.39, 0.29) is 18.1 Å². The number of aliphatic carboxylic acids is 1. The van der Waals surface area contributed by atoms with Gasteiger partial charge in [-0.05, 0) is 50.5 Å². The highest BCUT2D eigenvalue weighted by Gasteiger charge is 2.30. The Bertz CT molecular complexity index is 1220. The second-order valence-corrected chi connectivity index (χ2v) is 10.8. The Balaban J connectivity index is 0.000000717. The van der Waals surface area contributed by atoms with E-state index in [9.17, 15) is 14.7 Å². The quantitative estimate of drug-likeness (QED) is 0.199. The van der Waals surface area contributed by atoms with E-state index in [1.54, 1.807) is 37.3 Å². The summed E-state index contributed by atoms with van der Waals surface area (Å²) >= 11 is 7.00. The number of allylic oxidation sites excluding steroid dienone is 3. The number of ketones is 1. The average molecular weight is 539 g/mol. The summed E-state index contributed by atoms with van der Waals surface area (Å²) in [7, 11) is 0. The molecule has 37 heavy (non-hydrogen) atoms. The zero-order chi connectivity index (χ0) is 27.6. The molecule has 1 unspecified atom stereocenters. The maximum Gasteiger partial charge on any atom is 0.309 e. The molecule has 0 radical (unpaired) electrons. The van der Waals surface area contributed by atoms with Gasteiger partial charge in [0.2, 0.25) is 0 Å². The summed E-state index contributed by atoms with van der Waals surface area (Å²) in [5.41, 5.74) is 3.39. The lowest BCUT2D eigenvalue weighted by Crippen LogP contribution is -2.26. The fourth-order valence-electron chi connectivity index (χ4n) is 3.25. The lowest BCUT2D eigenvalue weighted by Gasteiger charge is -2.17. The molecule has 0 spiro atoms. The van der Waals surface area contributed by atoms with Crippen LogP contribution < -0.4 is 5.32 Å². The van der Waals surface area contributed by atoms with Gasteiger partial charge < -0.3 is 10.4 Å². The smallest absolute Gasteiger partial charge is 0.309 e. The number of thiazole rings is 1. The van der Waals surface area contributed by atoms with E-state index in [1.165, 1.54) is 0 Å². The van der Waals surface area contributed by atoms with Crippen LogP contribution in [0.4, 0.5) is 10.8 Å². The third-order valence-corrected chi connectivity index (χ3v) is 6.62. The third kappa shape index (κ3) is 9.30. The fraction of sp³-hybridized carbons (Fsp3) is 0.300. The molecular weight excluding hydrogens is 504 g/mol. The summed E-state index contributed by atoms with van der Waals surface area (Å²) in [4.78, 5) is 28.2. The van der Waals surface area contributed by atoms with Crippen molar-refractivity contribution in [1.29, 1.82) is 0 Å². The maximum atomic E-state index is 12.4. The number of nitrogens with one attached hydrogen (secondary N) is 1. The average Bonchev–Trinajstić information content (AvgIpc) is 3.32. The van der Waals surface area contributed by atoms with Crippen LogP contribution in [0.3, 0.4) is 0 Å². The van der Waals surface area contributed by atoms with Crippen molar-refractivity contribution in [3.8, 4) is 11.1 Å². The maximum absolute atomic E-state index is 12.4. The number of anilines is 2. The van der Waals surface area contributed by atoms with Crippen molar-refractivity contribution in [2.75, 3.05) is 5.32 Å². The van der Waals surface area contributed by atoms with Crippen molar-refractivity contribution >= 4 is 45.5 Å². The number of benzene rings is 2. The van der Waals surface area contributed by atoms with E-state index in [0.717, 1.165) is 39.1 Å². The molecule has 0 aliphatic heterocycles. The zero-order valence-corrected chi connectivity index (χ0v) is 23.6. The van der Waals surface area contributed by atoms with Crippen LogP contribution in [0, 0.1) is 5.41 Å². The van der Waals surface area contributed by atoms with E-state index < -0.39 is 11.4 Å². The highest BCUT2D eigenvalue weighted by atomic mass is 35.5. The van der Waals surface area contributed by atoms with Gasteiger partial charge in [0.1, 0.15) is 0 Å². The van der Waals surface area contributed by atoms with E-state index in [2.05, 4.69) is 30.7 Å². The molecule has 5 nitrogen and oxygen atoms in total. The van der Waals surface area contributed by atoms with Crippen molar-refractivity contribution in [3.05, 3.63) is 88.9 Å². The van der Waals surface area contributed by atoms with Crippen LogP contribution in [-0.2, 0) is 4.79 Å². The standard InChI is InChI=1S/C25H26N2O3S.C5H9Cl/c1-5-16(2)21-15-31-24(27-21)26-20-12-10-18(11-13-20)17-6-8-19(9-7-17)22(28)14-25(3,4)23(29)30;1-3-4-5(2)6/h5-13,15-16H,1,14H2,2-4H3,(H,26,27)(H,29,30);4H,3H2,1-2H3/b;5-4+. The molecular formula is C30H35ClN2O3S. The van der Waals surface area contributed by atoms with Crippen LogP contribution in [-0.4, -0.2) is 21.8 Å². The number of carbonyl (C=O) groups excluding carboxylic acids is 1. The first-order chi connectivity index (χ1) is 17.5. The van der Waals surface area contributed by atoms with Gasteiger partial charge in [0.25, 0.3) is 0 Å². The Labute approximate surface area is 228 Å². The summed E-state index contributed by atoms with van der Waals surface area (Å²) in [5.74, 6) is -0.929. The molecule has 2 N–H and O–H groups in total. The van der Waals surface area contributed by atoms with Crippen molar-refractivity contribution in [2.24, 2.45) is 5.41 Å². The van der Waals surface area contributed by atoms with Crippen molar-refractivity contribution in [2.45, 2.75) is 53.4 Å². The summed E-state index contributed by atoms with van der Waals surface area (Å²) in [6, 6.07) is 15.3. The predicted octanol–water partition coefficient (Wildman–Crippen LogP) is 9.07. The van der Waals surface area contributed by atoms with Gasteiger partial charge in [-0.25, -0.2) is 4.98 Å². The van der Waals surface area contributed by atoms with Crippen LogP contribution in [0.25, 0.3) is 11.1 Å². The van der Waals surface area contributed by atoms with Crippen LogP contribution >= 0.6 is 22.9 Å². The minimum atomic E-state index is -1.08. The Morgan fingerprint density at radius 3 is 2.16 bits per heavy atom.